The zero-order chi connectivity index (χ0) is 27.7. The molecule has 2 aromatic carbocycles. The molecule has 1 N–H and O–H groups in total. The third-order valence-electron chi connectivity index (χ3n) is 6.67. The first-order chi connectivity index (χ1) is 18.0. The van der Waals surface area contributed by atoms with Crippen molar-refractivity contribution in [2.75, 3.05) is 34.2 Å². The molecule has 1 aliphatic heterocycles. The Morgan fingerprint density at radius 3 is 2.47 bits per heavy atom. The van der Waals surface area contributed by atoms with Gasteiger partial charge in [-0.3, -0.25) is 24.0 Å². The molecule has 3 aromatic rings. The first kappa shape index (κ1) is 26.8. The van der Waals surface area contributed by atoms with Crippen molar-refractivity contribution in [2.45, 2.75) is 26.4 Å². The highest BCUT2D eigenvalue weighted by Crippen LogP contribution is 2.35. The second-order valence-electron chi connectivity index (χ2n) is 10.1. The molecule has 0 atom stereocenters. The second-order valence-corrected chi connectivity index (χ2v) is 10.1. The standard InChI is InChI=1S/C29H34N6O3/c1-18(2)35-16-22-15-21(11-12-26(22)31-35)23-9-8-10-24-25(23)17-34(29(24)38)20(4)27(36)30-19(3)28(37)33(7)14-13-32(5)6/h8-12,15-16,18H,3-4,13-14,17H2,1-2,5-7H3,(H,30,36). The van der Waals surface area contributed by atoms with Crippen molar-refractivity contribution in [1.29, 1.82) is 0 Å². The van der Waals surface area contributed by atoms with Gasteiger partial charge in [-0.15, -0.1) is 0 Å². The molecule has 38 heavy (non-hydrogen) atoms. The molecule has 1 aromatic heterocycles. The largest absolute Gasteiger partial charge is 0.339 e. The van der Waals surface area contributed by atoms with E-state index in [4.69, 9.17) is 0 Å². The SMILES string of the molecule is C=C(NC(=O)C(=C)N1Cc2c(cccc2-c2ccc3nn(C(C)C)cc3c2)C1=O)C(=O)N(C)CCN(C)C. The quantitative estimate of drug-likeness (QED) is 0.442. The normalized spacial score (nSPS) is 12.8. The van der Waals surface area contributed by atoms with Crippen molar-refractivity contribution < 1.29 is 14.4 Å². The molecule has 0 bridgehead atoms. The maximum absolute atomic E-state index is 13.3. The van der Waals surface area contributed by atoms with Crippen molar-refractivity contribution in [3.63, 3.8) is 0 Å². The van der Waals surface area contributed by atoms with Gasteiger partial charge in [-0.1, -0.05) is 31.4 Å². The van der Waals surface area contributed by atoms with Gasteiger partial charge in [-0.2, -0.15) is 5.10 Å². The van der Waals surface area contributed by atoms with Gasteiger partial charge in [-0.05, 0) is 62.8 Å². The predicted octanol–water partition coefficient (Wildman–Crippen LogP) is 3.40. The zero-order valence-corrected chi connectivity index (χ0v) is 22.6. The second kappa shape index (κ2) is 10.6. The minimum Gasteiger partial charge on any atom is -0.339 e. The summed E-state index contributed by atoms with van der Waals surface area (Å²) in [4.78, 5) is 43.6. The lowest BCUT2D eigenvalue weighted by Crippen LogP contribution is -2.41. The van der Waals surface area contributed by atoms with Crippen LogP contribution in [0.4, 0.5) is 0 Å². The Hall–Kier alpha value is -4.24. The summed E-state index contributed by atoms with van der Waals surface area (Å²) >= 11 is 0. The van der Waals surface area contributed by atoms with E-state index >= 15 is 0 Å². The molecule has 9 nitrogen and oxygen atoms in total. The summed E-state index contributed by atoms with van der Waals surface area (Å²) in [6, 6.07) is 11.8. The molecule has 0 unspecified atom stereocenters. The number of nitrogens with one attached hydrogen (secondary N) is 1. The van der Waals surface area contributed by atoms with Crippen LogP contribution in [0, 0.1) is 0 Å². The number of aromatic nitrogens is 2. The lowest BCUT2D eigenvalue weighted by atomic mass is 9.96. The fourth-order valence-corrected chi connectivity index (χ4v) is 4.37. The van der Waals surface area contributed by atoms with Gasteiger partial charge in [0.25, 0.3) is 17.7 Å². The molecule has 0 saturated heterocycles. The fourth-order valence-electron chi connectivity index (χ4n) is 4.37. The van der Waals surface area contributed by atoms with Gasteiger partial charge in [0, 0.05) is 43.3 Å². The number of carbonyl (C=O) groups excluding carboxylic acids is 3. The predicted molar refractivity (Wildman–Crippen MR) is 148 cm³/mol. The molecule has 0 radical (unpaired) electrons. The zero-order valence-electron chi connectivity index (χ0n) is 22.6. The van der Waals surface area contributed by atoms with Gasteiger partial charge in [0.1, 0.15) is 5.70 Å². The van der Waals surface area contributed by atoms with Gasteiger partial charge < -0.3 is 15.1 Å². The number of nitrogens with zero attached hydrogens (tertiary/aromatic N) is 5. The number of hydrogen-bond donors (Lipinski definition) is 1. The van der Waals surface area contributed by atoms with Crippen molar-refractivity contribution in [3.05, 3.63) is 78.3 Å². The van der Waals surface area contributed by atoms with E-state index in [0.717, 1.165) is 27.6 Å². The summed E-state index contributed by atoms with van der Waals surface area (Å²) in [5.41, 5.74) is 4.00. The number of fused-ring (bicyclic) bond motifs is 2. The van der Waals surface area contributed by atoms with Crippen LogP contribution in [0.5, 0.6) is 0 Å². The Bertz CT molecular complexity index is 1450. The molecule has 2 heterocycles. The number of benzene rings is 2. The van der Waals surface area contributed by atoms with E-state index in [9.17, 15) is 14.4 Å². The Labute approximate surface area is 223 Å². The summed E-state index contributed by atoms with van der Waals surface area (Å²) < 4.78 is 1.93. The molecule has 1 aliphatic rings. The highest BCUT2D eigenvalue weighted by Gasteiger charge is 2.34. The van der Waals surface area contributed by atoms with Crippen molar-refractivity contribution in [2.24, 2.45) is 0 Å². The highest BCUT2D eigenvalue weighted by atomic mass is 16.2. The smallest absolute Gasteiger partial charge is 0.271 e. The maximum Gasteiger partial charge on any atom is 0.271 e. The summed E-state index contributed by atoms with van der Waals surface area (Å²) in [5, 5.41) is 8.13. The van der Waals surface area contributed by atoms with Crippen LogP contribution in [0.3, 0.4) is 0 Å². The number of carbonyl (C=O) groups is 3. The minimum absolute atomic E-state index is 0.0456. The first-order valence-corrected chi connectivity index (χ1v) is 12.5. The van der Waals surface area contributed by atoms with Crippen LogP contribution in [0.15, 0.2) is 67.1 Å². The Balaban J connectivity index is 1.51. The molecule has 0 saturated carbocycles. The molecule has 4 rings (SSSR count). The van der Waals surface area contributed by atoms with E-state index in [0.29, 0.717) is 18.7 Å². The fraction of sp³-hybridized carbons (Fsp3) is 0.310. The lowest BCUT2D eigenvalue weighted by molar-refractivity contribution is -0.128. The molecule has 3 amide bonds. The van der Waals surface area contributed by atoms with Crippen molar-refractivity contribution in [3.8, 4) is 11.1 Å². The molecule has 198 valence electrons. The van der Waals surface area contributed by atoms with Crippen molar-refractivity contribution in [1.82, 2.24) is 29.8 Å². The van der Waals surface area contributed by atoms with E-state index in [-0.39, 0.29) is 29.9 Å². The van der Waals surface area contributed by atoms with Crippen LogP contribution in [0.2, 0.25) is 0 Å². The summed E-state index contributed by atoms with van der Waals surface area (Å²) in [5.74, 6) is -1.35. The van der Waals surface area contributed by atoms with Crippen LogP contribution >= 0.6 is 0 Å². The van der Waals surface area contributed by atoms with Gasteiger partial charge in [-0.25, -0.2) is 0 Å². The number of hydrogen-bond acceptors (Lipinski definition) is 5. The van der Waals surface area contributed by atoms with Gasteiger partial charge in [0.2, 0.25) is 0 Å². The average molecular weight is 515 g/mol. The average Bonchev–Trinajstić information content (AvgIpc) is 3.47. The topological polar surface area (TPSA) is 90.8 Å². The highest BCUT2D eigenvalue weighted by molar-refractivity contribution is 6.08. The molecular weight excluding hydrogens is 480 g/mol. The lowest BCUT2D eigenvalue weighted by Gasteiger charge is -2.22. The van der Waals surface area contributed by atoms with Crippen LogP contribution in [-0.2, 0) is 16.1 Å². The van der Waals surface area contributed by atoms with E-state index < -0.39 is 11.8 Å². The van der Waals surface area contributed by atoms with Crippen molar-refractivity contribution >= 4 is 28.6 Å². The van der Waals surface area contributed by atoms with Crippen LogP contribution in [0.25, 0.3) is 22.0 Å². The summed E-state index contributed by atoms with van der Waals surface area (Å²) in [6.45, 7) is 13.1. The molecule has 0 fully saturated rings. The third-order valence-corrected chi connectivity index (χ3v) is 6.67. The molecule has 9 heteroatoms. The van der Waals surface area contributed by atoms with E-state index in [1.165, 1.54) is 9.80 Å². The number of likely N-dealkylation sites (N-methyl/N-ethyl adjacent to an activating group) is 2. The minimum atomic E-state index is -0.644. The van der Waals surface area contributed by atoms with Crippen LogP contribution in [-0.4, -0.2) is 76.4 Å². The maximum atomic E-state index is 13.3. The monoisotopic (exact) mass is 514 g/mol. The molecule has 0 aliphatic carbocycles. The number of rotatable bonds is 9. The Kier molecular flexibility index (Phi) is 7.50. The van der Waals surface area contributed by atoms with Gasteiger partial charge in [0.05, 0.1) is 17.8 Å². The van der Waals surface area contributed by atoms with Crippen LogP contribution < -0.4 is 5.32 Å². The number of amides is 3. The van der Waals surface area contributed by atoms with Gasteiger partial charge in [0.15, 0.2) is 0 Å². The molecule has 0 spiro atoms. The Morgan fingerprint density at radius 1 is 1.08 bits per heavy atom. The van der Waals surface area contributed by atoms with E-state index in [1.807, 2.05) is 54.1 Å². The first-order valence-electron chi connectivity index (χ1n) is 12.5. The van der Waals surface area contributed by atoms with Crippen LogP contribution in [0.1, 0.15) is 35.8 Å². The molecular formula is C29H34N6O3. The van der Waals surface area contributed by atoms with Gasteiger partial charge >= 0.3 is 0 Å². The van der Waals surface area contributed by atoms with E-state index in [2.05, 4.69) is 43.5 Å². The summed E-state index contributed by atoms with van der Waals surface area (Å²) in [7, 11) is 5.47. The Morgan fingerprint density at radius 2 is 1.79 bits per heavy atom. The third kappa shape index (κ3) is 5.24. The van der Waals surface area contributed by atoms with E-state index in [1.54, 1.807) is 13.1 Å². The summed E-state index contributed by atoms with van der Waals surface area (Å²) in [6.07, 6.45) is 2.02.